The number of methoxy groups -OCH3 is 1. The van der Waals surface area contributed by atoms with Crippen molar-refractivity contribution in [2.24, 2.45) is 0 Å². The van der Waals surface area contributed by atoms with Gasteiger partial charge in [0.2, 0.25) is 0 Å². The topological polar surface area (TPSA) is 60.9 Å². The van der Waals surface area contributed by atoms with Gasteiger partial charge in [0, 0.05) is 39.2 Å². The van der Waals surface area contributed by atoms with Crippen LogP contribution in [0.1, 0.15) is 50.4 Å². The molecule has 1 aliphatic rings. The Bertz CT molecular complexity index is 613. The molecule has 0 N–H and O–H groups in total. The van der Waals surface area contributed by atoms with E-state index in [0.717, 1.165) is 9.88 Å². The maximum atomic E-state index is 12.2. The predicted octanol–water partition coefficient (Wildman–Crippen LogP) is 4.02. The Morgan fingerprint density at radius 3 is 2.56 bits per heavy atom. The average Bonchev–Trinajstić information content (AvgIpc) is 3.04. The van der Waals surface area contributed by atoms with E-state index in [2.05, 4.69) is 11.6 Å². The molecule has 0 radical (unpaired) electrons. The van der Waals surface area contributed by atoms with Gasteiger partial charge in [0.15, 0.2) is 0 Å². The normalized spacial score (nSPS) is 17.2. The van der Waals surface area contributed by atoms with Gasteiger partial charge in [0.25, 0.3) is 0 Å². The number of amides is 1. The van der Waals surface area contributed by atoms with Gasteiger partial charge in [-0.2, -0.15) is 0 Å². The lowest BCUT2D eigenvalue weighted by Gasteiger charge is -2.39. The molecule has 1 aliphatic heterocycles. The number of hydrogen-bond donors (Lipinski definition) is 0. The number of thiazole rings is 1. The number of rotatable bonds is 5. The highest BCUT2D eigenvalue weighted by Crippen LogP contribution is 2.39. The van der Waals surface area contributed by atoms with Crippen LogP contribution < -0.4 is 0 Å². The molecule has 2 heterocycles. The van der Waals surface area contributed by atoms with E-state index in [0.29, 0.717) is 38.3 Å². The lowest BCUT2D eigenvalue weighted by molar-refractivity contribution is -0.0651. The Balaban J connectivity index is 2.06. The number of likely N-dealkylation sites (tertiary alicyclic amines) is 1. The Labute approximate surface area is 153 Å². The summed E-state index contributed by atoms with van der Waals surface area (Å²) in [5, 5.41) is 0.898. The van der Waals surface area contributed by atoms with Crippen LogP contribution in [0, 0.1) is 0 Å². The first kappa shape index (κ1) is 19.7. The van der Waals surface area contributed by atoms with Crippen LogP contribution in [0.15, 0.2) is 12.8 Å². The van der Waals surface area contributed by atoms with Crippen LogP contribution >= 0.6 is 11.3 Å². The molecule has 6 nitrogen and oxygen atoms in total. The minimum Gasteiger partial charge on any atom is -0.493 e. The summed E-state index contributed by atoms with van der Waals surface area (Å²) in [6.07, 6.45) is 2.86. The van der Waals surface area contributed by atoms with Gasteiger partial charge in [0.1, 0.15) is 22.0 Å². The largest absolute Gasteiger partial charge is 0.493 e. The summed E-state index contributed by atoms with van der Waals surface area (Å²) in [5.74, 6) is 0.628. The molecule has 140 valence electrons. The average molecular weight is 368 g/mol. The molecule has 0 aliphatic carbocycles. The van der Waals surface area contributed by atoms with Crippen molar-refractivity contribution in [3.05, 3.63) is 22.7 Å². The molecule has 1 fully saturated rings. The number of hydrogen-bond acceptors (Lipinski definition) is 6. The molecular weight excluding hydrogens is 340 g/mol. The SMILES string of the molecule is C=C(OCC)c1cnc(C2(OC)CCN(C(=O)OC(C)(C)C)CC2)s1. The first-order valence-corrected chi connectivity index (χ1v) is 9.34. The van der Waals surface area contributed by atoms with Crippen LogP contribution in [0.5, 0.6) is 0 Å². The monoisotopic (exact) mass is 368 g/mol. The second-order valence-corrected chi connectivity index (χ2v) is 8.08. The molecule has 25 heavy (non-hydrogen) atoms. The van der Waals surface area contributed by atoms with Crippen LogP contribution in [-0.4, -0.2) is 48.4 Å². The van der Waals surface area contributed by atoms with Crippen molar-refractivity contribution in [1.82, 2.24) is 9.88 Å². The minimum absolute atomic E-state index is 0.276. The summed E-state index contributed by atoms with van der Waals surface area (Å²) < 4.78 is 16.8. The zero-order chi connectivity index (χ0) is 18.7. The number of carbonyl (C=O) groups excluding carboxylic acids is 1. The molecule has 1 aromatic heterocycles. The zero-order valence-electron chi connectivity index (χ0n) is 15.8. The maximum absolute atomic E-state index is 12.2. The standard InChI is InChI=1S/C18H28N2O4S/c1-7-23-13(2)14-12-19-15(25-14)18(22-6)8-10-20(11-9-18)16(21)24-17(3,4)5/h12H,2,7-11H2,1,3-6H3. The van der Waals surface area contributed by atoms with Crippen molar-refractivity contribution in [2.75, 3.05) is 26.8 Å². The highest BCUT2D eigenvalue weighted by molar-refractivity contribution is 7.12. The third-order valence-electron chi connectivity index (χ3n) is 4.10. The maximum Gasteiger partial charge on any atom is 0.410 e. The number of nitrogens with zero attached hydrogens (tertiary/aromatic N) is 2. The summed E-state index contributed by atoms with van der Waals surface area (Å²) in [5.41, 5.74) is -0.968. The van der Waals surface area contributed by atoms with E-state index in [9.17, 15) is 4.79 Å². The van der Waals surface area contributed by atoms with Crippen molar-refractivity contribution in [3.8, 4) is 0 Å². The van der Waals surface area contributed by atoms with E-state index < -0.39 is 11.2 Å². The summed E-state index contributed by atoms with van der Waals surface area (Å²) in [6.45, 7) is 13.2. The lowest BCUT2D eigenvalue weighted by atomic mass is 9.92. The van der Waals surface area contributed by atoms with E-state index in [1.54, 1.807) is 18.2 Å². The fourth-order valence-corrected chi connectivity index (χ4v) is 3.81. The Kier molecular flexibility index (Phi) is 6.11. The van der Waals surface area contributed by atoms with Crippen molar-refractivity contribution < 1.29 is 19.0 Å². The number of ether oxygens (including phenoxy) is 3. The molecule has 1 amide bonds. The molecule has 0 atom stereocenters. The van der Waals surface area contributed by atoms with Gasteiger partial charge in [-0.05, 0) is 27.7 Å². The first-order valence-electron chi connectivity index (χ1n) is 8.52. The summed E-state index contributed by atoms with van der Waals surface area (Å²) in [4.78, 5) is 19.4. The van der Waals surface area contributed by atoms with Crippen molar-refractivity contribution >= 4 is 23.2 Å². The highest BCUT2D eigenvalue weighted by atomic mass is 32.1. The van der Waals surface area contributed by atoms with Gasteiger partial charge in [-0.25, -0.2) is 9.78 Å². The van der Waals surface area contributed by atoms with E-state index >= 15 is 0 Å². The molecule has 0 bridgehead atoms. The first-order chi connectivity index (χ1) is 11.7. The van der Waals surface area contributed by atoms with Gasteiger partial charge in [0.05, 0.1) is 11.5 Å². The van der Waals surface area contributed by atoms with Crippen LogP contribution in [0.25, 0.3) is 5.76 Å². The predicted molar refractivity (Wildman–Crippen MR) is 98.5 cm³/mol. The third-order valence-corrected chi connectivity index (χ3v) is 5.33. The number of carbonyl (C=O) groups is 1. The van der Waals surface area contributed by atoms with Gasteiger partial charge in [-0.15, -0.1) is 11.3 Å². The zero-order valence-corrected chi connectivity index (χ0v) is 16.6. The molecule has 2 rings (SSSR count). The van der Waals surface area contributed by atoms with Crippen molar-refractivity contribution in [1.29, 1.82) is 0 Å². The van der Waals surface area contributed by atoms with Gasteiger partial charge in [-0.1, -0.05) is 6.58 Å². The molecule has 1 saturated heterocycles. The summed E-state index contributed by atoms with van der Waals surface area (Å²) in [7, 11) is 1.70. The molecule has 0 saturated carbocycles. The van der Waals surface area contributed by atoms with E-state index in [4.69, 9.17) is 14.2 Å². The quantitative estimate of drug-likeness (QED) is 0.735. The number of aromatic nitrogens is 1. The van der Waals surface area contributed by atoms with Crippen molar-refractivity contribution in [3.63, 3.8) is 0 Å². The highest BCUT2D eigenvalue weighted by Gasteiger charge is 2.41. The van der Waals surface area contributed by atoms with Gasteiger partial charge in [-0.3, -0.25) is 0 Å². The molecular formula is C18H28N2O4S. The number of piperidine rings is 1. The van der Waals surface area contributed by atoms with Gasteiger partial charge < -0.3 is 19.1 Å². The van der Waals surface area contributed by atoms with E-state index in [1.165, 1.54) is 11.3 Å². The lowest BCUT2D eigenvalue weighted by Crippen LogP contribution is -2.47. The second-order valence-electron chi connectivity index (χ2n) is 7.05. The van der Waals surface area contributed by atoms with Crippen LogP contribution in [0.4, 0.5) is 4.79 Å². The molecule has 0 spiro atoms. The Morgan fingerprint density at radius 2 is 2.04 bits per heavy atom. The minimum atomic E-state index is -0.489. The fourth-order valence-electron chi connectivity index (χ4n) is 2.74. The van der Waals surface area contributed by atoms with E-state index in [1.807, 2.05) is 27.7 Å². The second kappa shape index (κ2) is 7.74. The van der Waals surface area contributed by atoms with Crippen molar-refractivity contribution in [2.45, 2.75) is 51.7 Å². The van der Waals surface area contributed by atoms with E-state index in [-0.39, 0.29) is 6.09 Å². The van der Waals surface area contributed by atoms with Gasteiger partial charge >= 0.3 is 6.09 Å². The Hall–Kier alpha value is -1.60. The Morgan fingerprint density at radius 1 is 1.40 bits per heavy atom. The molecule has 0 unspecified atom stereocenters. The summed E-state index contributed by atoms with van der Waals surface area (Å²) in [6, 6.07) is 0. The van der Waals surface area contributed by atoms with Crippen LogP contribution in [-0.2, 0) is 19.8 Å². The summed E-state index contributed by atoms with van der Waals surface area (Å²) >= 11 is 1.54. The molecule has 1 aromatic rings. The third kappa shape index (κ3) is 4.73. The molecule has 7 heteroatoms. The van der Waals surface area contributed by atoms with Crippen LogP contribution in [0.3, 0.4) is 0 Å². The molecule has 0 aromatic carbocycles. The smallest absolute Gasteiger partial charge is 0.410 e. The van der Waals surface area contributed by atoms with Crippen LogP contribution in [0.2, 0.25) is 0 Å². The fraction of sp³-hybridized carbons (Fsp3) is 0.667.